The van der Waals surface area contributed by atoms with Crippen molar-refractivity contribution in [1.82, 2.24) is 5.32 Å². The zero-order valence-electron chi connectivity index (χ0n) is 15.3. The number of hydrogen-bond acceptors (Lipinski definition) is 5. The van der Waals surface area contributed by atoms with E-state index in [4.69, 9.17) is 10.5 Å². The molecule has 2 aromatic carbocycles. The molecule has 0 saturated heterocycles. The van der Waals surface area contributed by atoms with E-state index >= 15 is 0 Å². The van der Waals surface area contributed by atoms with E-state index in [-0.39, 0.29) is 12.1 Å². The zero-order chi connectivity index (χ0) is 20.1. The first-order valence-electron chi connectivity index (χ1n) is 8.21. The average molecular weight is 371 g/mol. The number of methoxy groups -OCH3 is 1. The normalized spacial score (nSPS) is 11.5. The van der Waals surface area contributed by atoms with Crippen molar-refractivity contribution in [2.75, 3.05) is 7.11 Å². The highest BCUT2D eigenvalue weighted by Gasteiger charge is 2.23. The Morgan fingerprint density at radius 3 is 2.33 bits per heavy atom. The Morgan fingerprint density at radius 1 is 1.19 bits per heavy atom. The Labute approximate surface area is 156 Å². The van der Waals surface area contributed by atoms with Gasteiger partial charge in [-0.05, 0) is 32.0 Å². The van der Waals surface area contributed by atoms with Crippen LogP contribution in [0.1, 0.15) is 27.0 Å². The van der Waals surface area contributed by atoms with Crippen LogP contribution in [0.3, 0.4) is 0 Å². The van der Waals surface area contributed by atoms with Crippen molar-refractivity contribution in [1.29, 1.82) is 0 Å². The lowest BCUT2D eigenvalue weighted by Gasteiger charge is -2.17. The second-order valence-electron chi connectivity index (χ2n) is 6.26. The lowest BCUT2D eigenvalue weighted by molar-refractivity contribution is -0.384. The van der Waals surface area contributed by atoms with Crippen molar-refractivity contribution in [3.8, 4) is 5.75 Å². The highest BCUT2D eigenvalue weighted by molar-refractivity contribution is 5.97. The van der Waals surface area contributed by atoms with E-state index in [1.54, 1.807) is 12.1 Å². The monoisotopic (exact) mass is 371 g/mol. The smallest absolute Gasteiger partial charge is 0.269 e. The predicted molar refractivity (Wildman–Crippen MR) is 99.7 cm³/mol. The summed E-state index contributed by atoms with van der Waals surface area (Å²) < 4.78 is 5.19. The third-order valence-electron chi connectivity index (χ3n) is 4.03. The number of nitro benzene ring substituents is 1. The molecule has 0 bridgehead atoms. The van der Waals surface area contributed by atoms with Gasteiger partial charge in [-0.15, -0.1) is 0 Å². The molecule has 0 aliphatic rings. The van der Waals surface area contributed by atoms with Crippen LogP contribution in [0.25, 0.3) is 0 Å². The van der Waals surface area contributed by atoms with Crippen LogP contribution in [-0.4, -0.2) is 29.9 Å². The van der Waals surface area contributed by atoms with Gasteiger partial charge in [0.05, 0.1) is 12.0 Å². The van der Waals surface area contributed by atoms with Gasteiger partial charge < -0.3 is 15.8 Å². The Morgan fingerprint density at radius 2 is 1.81 bits per heavy atom. The van der Waals surface area contributed by atoms with Crippen LogP contribution in [0.5, 0.6) is 5.75 Å². The summed E-state index contributed by atoms with van der Waals surface area (Å²) in [5.41, 5.74) is 7.92. The summed E-state index contributed by atoms with van der Waals surface area (Å²) in [6, 6.07) is 8.33. The predicted octanol–water partition coefficient (Wildman–Crippen LogP) is 2.05. The summed E-state index contributed by atoms with van der Waals surface area (Å²) >= 11 is 0. The van der Waals surface area contributed by atoms with Gasteiger partial charge in [-0.1, -0.05) is 17.2 Å². The molecule has 0 aliphatic heterocycles. The van der Waals surface area contributed by atoms with E-state index < -0.39 is 22.8 Å². The first-order chi connectivity index (χ1) is 12.7. The molecule has 2 aromatic rings. The fourth-order valence-corrected chi connectivity index (χ4v) is 2.83. The molecule has 0 saturated carbocycles. The number of nitro groups is 1. The first kappa shape index (κ1) is 19.9. The minimum Gasteiger partial charge on any atom is -0.496 e. The van der Waals surface area contributed by atoms with Gasteiger partial charge in [0.2, 0.25) is 5.91 Å². The largest absolute Gasteiger partial charge is 0.496 e. The number of ether oxygens (including phenoxy) is 1. The summed E-state index contributed by atoms with van der Waals surface area (Å²) in [5.74, 6) is -0.830. The van der Waals surface area contributed by atoms with Gasteiger partial charge in [0, 0.05) is 29.7 Å². The van der Waals surface area contributed by atoms with E-state index in [9.17, 15) is 19.7 Å². The minimum atomic E-state index is -1.05. The molecular weight excluding hydrogens is 350 g/mol. The van der Waals surface area contributed by atoms with Gasteiger partial charge in [0.15, 0.2) is 0 Å². The van der Waals surface area contributed by atoms with Crippen LogP contribution in [-0.2, 0) is 11.2 Å². The van der Waals surface area contributed by atoms with Crippen LogP contribution in [0, 0.1) is 24.0 Å². The number of non-ortho nitro benzene ring substituents is 1. The maximum atomic E-state index is 12.5. The van der Waals surface area contributed by atoms with Crippen LogP contribution >= 0.6 is 0 Å². The number of nitrogens with one attached hydrogen (secondary N) is 1. The molecule has 2 rings (SSSR count). The van der Waals surface area contributed by atoms with E-state index in [1.165, 1.54) is 25.3 Å². The van der Waals surface area contributed by atoms with Gasteiger partial charge in [-0.2, -0.15) is 0 Å². The lowest BCUT2D eigenvalue weighted by Crippen LogP contribution is -2.46. The maximum absolute atomic E-state index is 12.5. The second kappa shape index (κ2) is 8.31. The fourth-order valence-electron chi connectivity index (χ4n) is 2.83. The number of nitrogens with two attached hydrogens (primary N) is 1. The van der Waals surface area contributed by atoms with Gasteiger partial charge in [-0.25, -0.2) is 0 Å². The highest BCUT2D eigenvalue weighted by Crippen LogP contribution is 2.25. The molecule has 0 aliphatic carbocycles. The molecule has 0 radical (unpaired) electrons. The van der Waals surface area contributed by atoms with Crippen molar-refractivity contribution in [3.63, 3.8) is 0 Å². The summed E-state index contributed by atoms with van der Waals surface area (Å²) in [4.78, 5) is 34.8. The van der Waals surface area contributed by atoms with Crippen molar-refractivity contribution in [2.45, 2.75) is 26.3 Å². The Kier molecular flexibility index (Phi) is 6.12. The van der Waals surface area contributed by atoms with Crippen molar-refractivity contribution in [2.24, 2.45) is 5.73 Å². The molecule has 142 valence electrons. The van der Waals surface area contributed by atoms with E-state index in [2.05, 4.69) is 5.32 Å². The Bertz CT molecular complexity index is 875. The van der Waals surface area contributed by atoms with Crippen molar-refractivity contribution in [3.05, 3.63) is 68.8 Å². The number of amides is 2. The zero-order valence-corrected chi connectivity index (χ0v) is 15.3. The first-order valence-corrected chi connectivity index (χ1v) is 8.21. The number of aryl methyl sites for hydroxylation is 2. The molecular formula is C19H21N3O5. The number of rotatable bonds is 7. The molecule has 0 fully saturated rings. The molecule has 2 amide bonds. The van der Waals surface area contributed by atoms with Gasteiger partial charge in [0.25, 0.3) is 11.6 Å². The molecule has 0 unspecified atom stereocenters. The molecule has 0 heterocycles. The summed E-state index contributed by atoms with van der Waals surface area (Å²) in [6.45, 7) is 3.73. The number of carbonyl (C=O) groups excluding carboxylic acids is 2. The van der Waals surface area contributed by atoms with Gasteiger partial charge in [-0.3, -0.25) is 19.7 Å². The minimum absolute atomic E-state index is 0.0310. The number of carbonyl (C=O) groups is 2. The van der Waals surface area contributed by atoms with Crippen LogP contribution in [0.15, 0.2) is 36.4 Å². The molecule has 1 atom stereocenters. The lowest BCUT2D eigenvalue weighted by atomic mass is 10.0. The Balaban J connectivity index is 2.28. The molecule has 8 nitrogen and oxygen atoms in total. The maximum Gasteiger partial charge on any atom is 0.269 e. The second-order valence-corrected chi connectivity index (χ2v) is 6.26. The molecule has 3 N–H and O–H groups in total. The van der Waals surface area contributed by atoms with E-state index in [0.717, 1.165) is 11.1 Å². The van der Waals surface area contributed by atoms with Crippen LogP contribution < -0.4 is 15.8 Å². The molecule has 8 heteroatoms. The van der Waals surface area contributed by atoms with Gasteiger partial charge >= 0.3 is 0 Å². The van der Waals surface area contributed by atoms with Crippen molar-refractivity contribution >= 4 is 17.5 Å². The van der Waals surface area contributed by atoms with Crippen LogP contribution in [0.2, 0.25) is 0 Å². The van der Waals surface area contributed by atoms with Gasteiger partial charge in [0.1, 0.15) is 11.8 Å². The van der Waals surface area contributed by atoms with E-state index in [0.29, 0.717) is 16.9 Å². The van der Waals surface area contributed by atoms with E-state index in [1.807, 2.05) is 19.9 Å². The number of primary amides is 1. The van der Waals surface area contributed by atoms with Crippen LogP contribution in [0.4, 0.5) is 5.69 Å². The average Bonchev–Trinajstić information content (AvgIpc) is 2.59. The number of hydrogen-bond donors (Lipinski definition) is 2. The number of benzene rings is 2. The molecule has 0 spiro atoms. The summed E-state index contributed by atoms with van der Waals surface area (Å²) in [5, 5.41) is 13.6. The summed E-state index contributed by atoms with van der Waals surface area (Å²) in [7, 11) is 1.41. The topological polar surface area (TPSA) is 125 Å². The standard InChI is InChI=1S/C19H21N3O5/c1-11-6-12(2)8-14(7-11)19(24)21-16(18(20)23)10-13-9-15(22(25)26)4-5-17(13)27-3/h4-9,16H,10H2,1-3H3,(H2,20,23)(H,21,24)/t16-/m1/s1. The molecule has 0 aromatic heterocycles. The highest BCUT2D eigenvalue weighted by atomic mass is 16.6. The third kappa shape index (κ3) is 5.04. The third-order valence-corrected chi connectivity index (χ3v) is 4.03. The molecule has 27 heavy (non-hydrogen) atoms. The SMILES string of the molecule is COc1ccc([N+](=O)[O-])cc1C[C@@H](NC(=O)c1cc(C)cc(C)c1)C(N)=O. The Hall–Kier alpha value is -3.42. The fraction of sp³-hybridized carbons (Fsp3) is 0.263. The summed E-state index contributed by atoms with van der Waals surface area (Å²) in [6.07, 6.45) is -0.0310. The quantitative estimate of drug-likeness (QED) is 0.569. The van der Waals surface area contributed by atoms with Crippen molar-refractivity contribution < 1.29 is 19.2 Å². The number of nitrogens with zero attached hydrogens (tertiary/aromatic N) is 1.